The van der Waals surface area contributed by atoms with Crippen LogP contribution in [0.5, 0.6) is 0 Å². The van der Waals surface area contributed by atoms with Gasteiger partial charge in [0.25, 0.3) is 0 Å². The van der Waals surface area contributed by atoms with Crippen LogP contribution in [-0.2, 0) is 6.42 Å². The predicted octanol–water partition coefficient (Wildman–Crippen LogP) is 4.38. The summed E-state index contributed by atoms with van der Waals surface area (Å²) in [7, 11) is 1.83. The van der Waals surface area contributed by atoms with Crippen molar-refractivity contribution in [2.45, 2.75) is 25.2 Å². The van der Waals surface area contributed by atoms with E-state index >= 15 is 0 Å². The molecule has 1 N–H and O–H groups in total. The van der Waals surface area contributed by atoms with Crippen molar-refractivity contribution in [3.05, 3.63) is 49.7 Å². The molecule has 0 atom stereocenters. The van der Waals surface area contributed by atoms with Gasteiger partial charge >= 0.3 is 0 Å². The Kier molecular flexibility index (Phi) is 4.31. The van der Waals surface area contributed by atoms with Gasteiger partial charge in [-0.05, 0) is 47.6 Å². The summed E-state index contributed by atoms with van der Waals surface area (Å²) in [5, 5.41) is 3.50. The van der Waals surface area contributed by atoms with Crippen LogP contribution in [0.3, 0.4) is 0 Å². The third kappa shape index (κ3) is 3.13. The Bertz CT molecular complexity index is 669. The van der Waals surface area contributed by atoms with Crippen LogP contribution in [0.1, 0.15) is 35.8 Å². The van der Waals surface area contributed by atoms with Gasteiger partial charge in [-0.2, -0.15) is 0 Å². The molecular formula is C15H14ClFIN3. The fraction of sp³-hybridized carbons (Fsp3) is 0.333. The molecule has 0 bridgehead atoms. The molecule has 1 aromatic carbocycles. The van der Waals surface area contributed by atoms with Gasteiger partial charge in [-0.1, -0.05) is 17.7 Å². The van der Waals surface area contributed by atoms with Gasteiger partial charge in [0.2, 0.25) is 0 Å². The average Bonchev–Trinajstić information content (AvgIpc) is 3.29. The van der Waals surface area contributed by atoms with Gasteiger partial charge in [-0.15, -0.1) is 0 Å². The number of anilines is 1. The van der Waals surface area contributed by atoms with Crippen LogP contribution >= 0.6 is 34.2 Å². The molecule has 1 saturated carbocycles. The molecule has 2 aromatic rings. The number of aromatic nitrogens is 2. The van der Waals surface area contributed by atoms with Crippen molar-refractivity contribution in [1.29, 1.82) is 0 Å². The zero-order valence-corrected chi connectivity index (χ0v) is 14.4. The first-order valence-corrected chi connectivity index (χ1v) is 8.22. The van der Waals surface area contributed by atoms with Crippen molar-refractivity contribution in [2.24, 2.45) is 0 Å². The summed E-state index contributed by atoms with van der Waals surface area (Å²) in [6, 6.07) is 4.70. The van der Waals surface area contributed by atoms with Gasteiger partial charge in [0.1, 0.15) is 17.5 Å². The van der Waals surface area contributed by atoms with E-state index in [1.54, 1.807) is 12.1 Å². The van der Waals surface area contributed by atoms with E-state index in [2.05, 4.69) is 37.9 Å². The highest BCUT2D eigenvalue weighted by atomic mass is 127. The molecule has 0 unspecified atom stereocenters. The standard InChI is InChI=1S/C15H14ClFIN3/c1-19-15-13(18)14(8-5-6-8)20-12(21-15)7-9-10(16)3-2-4-11(9)17/h2-4,8H,5-7H2,1H3,(H,19,20,21). The van der Waals surface area contributed by atoms with E-state index in [1.807, 2.05) is 7.05 Å². The minimum absolute atomic E-state index is 0.302. The van der Waals surface area contributed by atoms with E-state index in [0.717, 1.165) is 27.9 Å². The average molecular weight is 418 g/mol. The van der Waals surface area contributed by atoms with Crippen molar-refractivity contribution in [1.82, 2.24) is 9.97 Å². The van der Waals surface area contributed by atoms with Crippen LogP contribution in [0.25, 0.3) is 0 Å². The maximum atomic E-state index is 13.9. The molecule has 1 aliphatic carbocycles. The van der Waals surface area contributed by atoms with Crippen LogP contribution in [0.4, 0.5) is 10.2 Å². The van der Waals surface area contributed by atoms with Crippen LogP contribution in [0.2, 0.25) is 5.02 Å². The second kappa shape index (κ2) is 6.04. The van der Waals surface area contributed by atoms with Gasteiger partial charge in [0.05, 0.1) is 9.26 Å². The highest BCUT2D eigenvalue weighted by molar-refractivity contribution is 14.1. The van der Waals surface area contributed by atoms with Gasteiger partial charge < -0.3 is 5.32 Å². The first-order chi connectivity index (χ1) is 10.1. The summed E-state index contributed by atoms with van der Waals surface area (Å²) in [6.45, 7) is 0. The Labute approximate surface area is 141 Å². The fourth-order valence-electron chi connectivity index (χ4n) is 2.24. The van der Waals surface area contributed by atoms with Gasteiger partial charge in [-0.3, -0.25) is 0 Å². The first-order valence-electron chi connectivity index (χ1n) is 6.77. The molecule has 3 rings (SSSR count). The van der Waals surface area contributed by atoms with Gasteiger partial charge in [0, 0.05) is 30.0 Å². The van der Waals surface area contributed by atoms with Crippen molar-refractivity contribution in [3.8, 4) is 0 Å². The summed E-state index contributed by atoms with van der Waals surface area (Å²) in [4.78, 5) is 9.12. The SMILES string of the molecule is CNc1nc(Cc2c(F)cccc2Cl)nc(C2CC2)c1I. The maximum Gasteiger partial charge on any atom is 0.143 e. The molecular weight excluding hydrogens is 404 g/mol. The molecule has 0 aliphatic heterocycles. The third-order valence-electron chi connectivity index (χ3n) is 3.52. The summed E-state index contributed by atoms with van der Waals surface area (Å²) in [6.07, 6.45) is 2.63. The summed E-state index contributed by atoms with van der Waals surface area (Å²) in [5.74, 6) is 1.61. The maximum absolute atomic E-state index is 13.9. The number of hydrogen-bond donors (Lipinski definition) is 1. The topological polar surface area (TPSA) is 37.8 Å². The molecule has 0 amide bonds. The monoisotopic (exact) mass is 417 g/mol. The zero-order chi connectivity index (χ0) is 15.0. The van der Waals surface area contributed by atoms with Crippen molar-refractivity contribution < 1.29 is 4.39 Å². The number of benzene rings is 1. The fourth-order valence-corrected chi connectivity index (χ4v) is 3.42. The van der Waals surface area contributed by atoms with Crippen molar-refractivity contribution in [3.63, 3.8) is 0 Å². The quantitative estimate of drug-likeness (QED) is 0.750. The van der Waals surface area contributed by atoms with Crippen LogP contribution in [-0.4, -0.2) is 17.0 Å². The van der Waals surface area contributed by atoms with Crippen molar-refractivity contribution >= 4 is 40.0 Å². The molecule has 1 aromatic heterocycles. The number of halogens is 3. The third-order valence-corrected chi connectivity index (χ3v) is 4.94. The molecule has 110 valence electrons. The minimum Gasteiger partial charge on any atom is -0.372 e. The highest BCUT2D eigenvalue weighted by Gasteiger charge is 2.29. The Morgan fingerprint density at radius 2 is 2.14 bits per heavy atom. The lowest BCUT2D eigenvalue weighted by atomic mass is 10.1. The highest BCUT2D eigenvalue weighted by Crippen LogP contribution is 2.42. The molecule has 0 spiro atoms. The van der Waals surface area contributed by atoms with E-state index in [-0.39, 0.29) is 5.82 Å². The summed E-state index contributed by atoms with van der Waals surface area (Å²) < 4.78 is 15.0. The number of nitrogens with zero attached hydrogens (tertiary/aromatic N) is 2. The van der Waals surface area contributed by atoms with Crippen molar-refractivity contribution in [2.75, 3.05) is 12.4 Å². The van der Waals surface area contributed by atoms with E-state index in [9.17, 15) is 4.39 Å². The van der Waals surface area contributed by atoms with E-state index < -0.39 is 0 Å². The molecule has 1 fully saturated rings. The lowest BCUT2D eigenvalue weighted by Gasteiger charge is -2.11. The molecule has 21 heavy (non-hydrogen) atoms. The van der Waals surface area contributed by atoms with Crippen LogP contribution in [0.15, 0.2) is 18.2 Å². The summed E-state index contributed by atoms with van der Waals surface area (Å²) in [5.41, 5.74) is 1.52. The van der Waals surface area contributed by atoms with Crippen LogP contribution < -0.4 is 5.32 Å². The molecule has 0 saturated heterocycles. The van der Waals surface area contributed by atoms with E-state index in [1.165, 1.54) is 6.07 Å². The molecule has 3 nitrogen and oxygen atoms in total. The predicted molar refractivity (Wildman–Crippen MR) is 90.5 cm³/mol. The second-order valence-corrected chi connectivity index (χ2v) is 6.57. The summed E-state index contributed by atoms with van der Waals surface area (Å²) >= 11 is 8.36. The lowest BCUT2D eigenvalue weighted by molar-refractivity contribution is 0.612. The number of rotatable bonds is 4. The Morgan fingerprint density at radius 3 is 2.76 bits per heavy atom. The molecule has 6 heteroatoms. The molecule has 1 aliphatic rings. The zero-order valence-electron chi connectivity index (χ0n) is 11.5. The first kappa shape index (κ1) is 15.0. The Balaban J connectivity index is 2.00. The Hall–Kier alpha value is -0.950. The van der Waals surface area contributed by atoms with Gasteiger partial charge in [-0.25, -0.2) is 14.4 Å². The molecule has 0 radical (unpaired) electrons. The van der Waals surface area contributed by atoms with E-state index in [4.69, 9.17) is 11.6 Å². The second-order valence-electron chi connectivity index (χ2n) is 5.09. The minimum atomic E-state index is -0.316. The normalized spacial score (nSPS) is 14.3. The van der Waals surface area contributed by atoms with Crippen LogP contribution in [0, 0.1) is 9.39 Å². The number of nitrogens with one attached hydrogen (secondary N) is 1. The van der Waals surface area contributed by atoms with E-state index in [0.29, 0.717) is 28.7 Å². The van der Waals surface area contributed by atoms with Gasteiger partial charge in [0.15, 0.2) is 0 Å². The largest absolute Gasteiger partial charge is 0.372 e. The Morgan fingerprint density at radius 1 is 1.38 bits per heavy atom. The molecule has 1 heterocycles. The smallest absolute Gasteiger partial charge is 0.143 e. The number of hydrogen-bond acceptors (Lipinski definition) is 3. The lowest BCUT2D eigenvalue weighted by Crippen LogP contribution is -2.08.